The van der Waals surface area contributed by atoms with Crippen molar-refractivity contribution in [2.75, 3.05) is 13.2 Å². The van der Waals surface area contributed by atoms with Crippen LogP contribution in [0.2, 0.25) is 0 Å². The molecule has 3 rings (SSSR count). The molecule has 3 heterocycles. The van der Waals surface area contributed by atoms with E-state index < -0.39 is 41.8 Å². The van der Waals surface area contributed by atoms with E-state index >= 15 is 0 Å². The maximum Gasteiger partial charge on any atom is 0.190 e. The molecule has 5 atom stereocenters. The van der Waals surface area contributed by atoms with Crippen LogP contribution in [-0.2, 0) is 23.7 Å². The van der Waals surface area contributed by atoms with Gasteiger partial charge in [-0.05, 0) is 40.5 Å². The van der Waals surface area contributed by atoms with E-state index in [-0.39, 0.29) is 6.61 Å². The fourth-order valence-electron chi connectivity index (χ4n) is 3.51. The average Bonchev–Trinajstić information content (AvgIpc) is 2.99. The van der Waals surface area contributed by atoms with Crippen LogP contribution in [-0.4, -0.2) is 65.2 Å². The topological polar surface area (TPSA) is 86.6 Å². The van der Waals surface area contributed by atoms with Crippen molar-refractivity contribution in [3.63, 3.8) is 0 Å². The van der Waals surface area contributed by atoms with Gasteiger partial charge in [-0.25, -0.2) is 0 Å². The van der Waals surface area contributed by atoms with E-state index in [1.165, 1.54) is 0 Å². The van der Waals surface area contributed by atoms with Gasteiger partial charge in [0, 0.05) is 6.61 Å². The average molecular weight is 318 g/mol. The monoisotopic (exact) mass is 318 g/mol. The summed E-state index contributed by atoms with van der Waals surface area (Å²) >= 11 is 0. The summed E-state index contributed by atoms with van der Waals surface area (Å²) in [4.78, 5) is 0. The molecule has 3 fully saturated rings. The molecule has 0 bridgehead atoms. The van der Waals surface area contributed by atoms with Crippen molar-refractivity contribution in [1.82, 2.24) is 0 Å². The maximum atomic E-state index is 11.2. The highest BCUT2D eigenvalue weighted by molar-refractivity contribution is 5.08. The summed E-state index contributed by atoms with van der Waals surface area (Å²) < 4.78 is 28.9. The molecular weight excluding hydrogens is 292 g/mol. The standard InChI is InChI=1S/C15H26O7/c1-13(2)18-8-9(20-13)10-15(17,6-5-7-16)11-12(19-10)22-14(3,4)21-11/h9-12,16-17H,5-8H2,1-4H3/t9-,10+,11-,12+,15+/m0/s1. The summed E-state index contributed by atoms with van der Waals surface area (Å²) in [5, 5.41) is 20.4. The Bertz CT molecular complexity index is 424. The number of hydrogen-bond donors (Lipinski definition) is 2. The van der Waals surface area contributed by atoms with Crippen LogP contribution in [0.3, 0.4) is 0 Å². The highest BCUT2D eigenvalue weighted by Crippen LogP contribution is 2.47. The Morgan fingerprint density at radius 2 is 1.73 bits per heavy atom. The van der Waals surface area contributed by atoms with Crippen molar-refractivity contribution in [1.29, 1.82) is 0 Å². The van der Waals surface area contributed by atoms with E-state index in [2.05, 4.69) is 0 Å². The van der Waals surface area contributed by atoms with E-state index in [1.54, 1.807) is 13.8 Å². The van der Waals surface area contributed by atoms with Crippen molar-refractivity contribution < 1.29 is 33.9 Å². The third-order valence-electron chi connectivity index (χ3n) is 4.43. The number of aliphatic hydroxyl groups is 2. The number of hydrogen-bond acceptors (Lipinski definition) is 7. The molecule has 0 saturated carbocycles. The summed E-state index contributed by atoms with van der Waals surface area (Å²) in [6.07, 6.45) is -1.48. The van der Waals surface area contributed by atoms with Crippen molar-refractivity contribution in [2.45, 2.75) is 82.3 Å². The molecule has 0 radical (unpaired) electrons. The lowest BCUT2D eigenvalue weighted by molar-refractivity contribution is -0.249. The van der Waals surface area contributed by atoms with Gasteiger partial charge in [0.2, 0.25) is 0 Å². The molecule has 0 spiro atoms. The molecule has 3 aliphatic rings. The third-order valence-corrected chi connectivity index (χ3v) is 4.43. The summed E-state index contributed by atoms with van der Waals surface area (Å²) in [7, 11) is 0. The van der Waals surface area contributed by atoms with E-state index in [4.69, 9.17) is 28.8 Å². The molecule has 7 heteroatoms. The van der Waals surface area contributed by atoms with Gasteiger partial charge in [-0.3, -0.25) is 0 Å². The largest absolute Gasteiger partial charge is 0.396 e. The second-order valence-electron chi connectivity index (χ2n) is 7.17. The van der Waals surface area contributed by atoms with Crippen LogP contribution in [0, 0.1) is 0 Å². The molecule has 0 aliphatic carbocycles. The Morgan fingerprint density at radius 1 is 1.00 bits per heavy atom. The van der Waals surface area contributed by atoms with Gasteiger partial charge < -0.3 is 33.9 Å². The zero-order valence-electron chi connectivity index (χ0n) is 13.6. The number of ether oxygens (including phenoxy) is 5. The lowest BCUT2D eigenvalue weighted by Crippen LogP contribution is -2.54. The third kappa shape index (κ3) is 2.80. The Kier molecular flexibility index (Phi) is 4.05. The molecule has 0 unspecified atom stereocenters. The van der Waals surface area contributed by atoms with Crippen LogP contribution >= 0.6 is 0 Å². The van der Waals surface area contributed by atoms with Crippen molar-refractivity contribution in [2.24, 2.45) is 0 Å². The van der Waals surface area contributed by atoms with Gasteiger partial charge in [0.15, 0.2) is 17.9 Å². The van der Waals surface area contributed by atoms with E-state index in [0.29, 0.717) is 19.4 Å². The first-order valence-corrected chi connectivity index (χ1v) is 7.83. The minimum atomic E-state index is -1.28. The SMILES string of the molecule is CC1(C)OC[C@@H]([C@H]2O[C@@H]3OC(C)(C)O[C@@H]3[C@@]2(O)CCCO)O1. The molecule has 7 nitrogen and oxygen atoms in total. The van der Waals surface area contributed by atoms with Crippen LogP contribution in [0.5, 0.6) is 0 Å². The summed E-state index contributed by atoms with van der Waals surface area (Å²) in [5.41, 5.74) is -1.28. The Labute approximate surface area is 130 Å². The smallest absolute Gasteiger partial charge is 0.190 e. The number of fused-ring (bicyclic) bond motifs is 1. The van der Waals surface area contributed by atoms with Crippen molar-refractivity contribution >= 4 is 0 Å². The fraction of sp³-hybridized carbons (Fsp3) is 1.00. The van der Waals surface area contributed by atoms with Crippen LogP contribution in [0.4, 0.5) is 0 Å². The molecule has 22 heavy (non-hydrogen) atoms. The molecule has 0 aromatic rings. The zero-order chi connectivity index (χ0) is 16.2. The Hall–Kier alpha value is -0.280. The summed E-state index contributed by atoms with van der Waals surface area (Å²) in [6.45, 7) is 7.55. The highest BCUT2D eigenvalue weighted by atomic mass is 16.8. The quantitative estimate of drug-likeness (QED) is 0.781. The van der Waals surface area contributed by atoms with Gasteiger partial charge in [0.25, 0.3) is 0 Å². The molecule has 2 N–H and O–H groups in total. The molecule has 128 valence electrons. The lowest BCUT2D eigenvalue weighted by Gasteiger charge is -2.36. The highest BCUT2D eigenvalue weighted by Gasteiger charge is 2.65. The second-order valence-corrected chi connectivity index (χ2v) is 7.17. The van der Waals surface area contributed by atoms with E-state index in [1.807, 2.05) is 13.8 Å². The summed E-state index contributed by atoms with van der Waals surface area (Å²) in [5.74, 6) is -1.51. The molecule has 3 aliphatic heterocycles. The molecule has 0 aromatic carbocycles. The fourth-order valence-corrected chi connectivity index (χ4v) is 3.51. The van der Waals surface area contributed by atoms with Gasteiger partial charge >= 0.3 is 0 Å². The maximum absolute atomic E-state index is 11.2. The number of rotatable bonds is 4. The first kappa shape index (κ1) is 16.6. The van der Waals surface area contributed by atoms with Crippen LogP contribution < -0.4 is 0 Å². The Morgan fingerprint density at radius 3 is 2.32 bits per heavy atom. The Balaban J connectivity index is 1.81. The van der Waals surface area contributed by atoms with Gasteiger partial charge in [0.05, 0.1) is 6.61 Å². The zero-order valence-corrected chi connectivity index (χ0v) is 13.6. The molecular formula is C15H26O7. The second kappa shape index (κ2) is 5.37. The normalized spacial score (nSPS) is 46.1. The van der Waals surface area contributed by atoms with Crippen LogP contribution in [0.25, 0.3) is 0 Å². The first-order valence-electron chi connectivity index (χ1n) is 7.83. The van der Waals surface area contributed by atoms with Gasteiger partial charge in [-0.1, -0.05) is 0 Å². The molecule has 0 amide bonds. The first-order chi connectivity index (χ1) is 10.2. The van der Waals surface area contributed by atoms with Crippen molar-refractivity contribution in [3.05, 3.63) is 0 Å². The van der Waals surface area contributed by atoms with Crippen LogP contribution in [0.15, 0.2) is 0 Å². The van der Waals surface area contributed by atoms with Crippen molar-refractivity contribution in [3.8, 4) is 0 Å². The van der Waals surface area contributed by atoms with Gasteiger partial charge in [-0.15, -0.1) is 0 Å². The summed E-state index contributed by atoms with van der Waals surface area (Å²) in [6, 6.07) is 0. The minimum Gasteiger partial charge on any atom is -0.396 e. The molecule has 0 aromatic heterocycles. The van der Waals surface area contributed by atoms with E-state index in [0.717, 1.165) is 0 Å². The number of aliphatic hydroxyl groups excluding tert-OH is 1. The minimum absolute atomic E-state index is 0.00974. The van der Waals surface area contributed by atoms with Gasteiger partial charge in [-0.2, -0.15) is 0 Å². The lowest BCUT2D eigenvalue weighted by atomic mass is 9.85. The predicted molar refractivity (Wildman–Crippen MR) is 74.9 cm³/mol. The van der Waals surface area contributed by atoms with E-state index in [9.17, 15) is 5.11 Å². The van der Waals surface area contributed by atoms with Crippen LogP contribution in [0.1, 0.15) is 40.5 Å². The van der Waals surface area contributed by atoms with Gasteiger partial charge in [0.1, 0.15) is 23.9 Å². The predicted octanol–water partition coefficient (Wildman–Crippen LogP) is 0.518. The molecule has 3 saturated heterocycles.